The number of rotatable bonds is 4. The third-order valence-corrected chi connectivity index (χ3v) is 4.46. The van der Waals surface area contributed by atoms with Crippen molar-refractivity contribution in [1.29, 1.82) is 0 Å². The highest BCUT2D eigenvalue weighted by Gasteiger charge is 2.14. The van der Waals surface area contributed by atoms with Crippen LogP contribution >= 0.6 is 11.6 Å². The molecule has 0 atom stereocenters. The Morgan fingerprint density at radius 2 is 1.92 bits per heavy atom. The minimum absolute atomic E-state index is 0.171. The molecule has 1 aromatic heterocycles. The fourth-order valence-electron chi connectivity index (χ4n) is 2.93. The molecule has 1 aliphatic rings. The molecule has 2 aromatic carbocycles. The summed E-state index contributed by atoms with van der Waals surface area (Å²) in [4.78, 5) is 11.9. The number of halogens is 1. The maximum atomic E-state index is 5.80. The molecule has 26 heavy (non-hydrogen) atoms. The summed E-state index contributed by atoms with van der Waals surface area (Å²) in [5.74, 6) is 2.04. The highest BCUT2D eigenvalue weighted by Crippen LogP contribution is 2.36. The standard InChI is InChI=1S/C19H17ClN4O2/c1-12-14(10-21-19-23-11-22-18(20)24-19)3-2-4-15(12)13-5-6-16-17(9-13)26-8-7-25-16/h2-6,9,11H,7-8,10H2,1H3,(H,21,22,23,24). The molecule has 7 heteroatoms. The van der Waals surface area contributed by atoms with Crippen molar-refractivity contribution in [2.75, 3.05) is 18.5 Å². The Balaban J connectivity index is 1.59. The van der Waals surface area contributed by atoms with Crippen LogP contribution in [0.1, 0.15) is 11.1 Å². The molecule has 3 aromatic rings. The predicted molar refractivity (Wildman–Crippen MR) is 99.8 cm³/mol. The van der Waals surface area contributed by atoms with E-state index in [4.69, 9.17) is 21.1 Å². The van der Waals surface area contributed by atoms with Gasteiger partial charge in [-0.05, 0) is 52.9 Å². The number of fused-ring (bicyclic) bond motifs is 1. The Hall–Kier alpha value is -2.86. The minimum atomic E-state index is 0.171. The van der Waals surface area contributed by atoms with Crippen LogP contribution in [0.5, 0.6) is 11.5 Å². The first-order valence-corrected chi connectivity index (χ1v) is 8.65. The molecule has 0 bridgehead atoms. The van der Waals surface area contributed by atoms with Crippen molar-refractivity contribution in [2.45, 2.75) is 13.5 Å². The van der Waals surface area contributed by atoms with Gasteiger partial charge in [0, 0.05) is 6.54 Å². The van der Waals surface area contributed by atoms with Gasteiger partial charge in [-0.2, -0.15) is 4.98 Å². The van der Waals surface area contributed by atoms with E-state index in [1.165, 1.54) is 11.9 Å². The van der Waals surface area contributed by atoms with Crippen LogP contribution in [-0.4, -0.2) is 28.2 Å². The van der Waals surface area contributed by atoms with Gasteiger partial charge in [-0.15, -0.1) is 0 Å². The van der Waals surface area contributed by atoms with Gasteiger partial charge < -0.3 is 14.8 Å². The molecule has 0 amide bonds. The van der Waals surface area contributed by atoms with Crippen molar-refractivity contribution < 1.29 is 9.47 Å². The Morgan fingerprint density at radius 1 is 1.08 bits per heavy atom. The van der Waals surface area contributed by atoms with Gasteiger partial charge in [-0.25, -0.2) is 9.97 Å². The first-order valence-electron chi connectivity index (χ1n) is 8.27. The lowest BCUT2D eigenvalue weighted by molar-refractivity contribution is 0.171. The summed E-state index contributed by atoms with van der Waals surface area (Å²) in [6, 6.07) is 12.3. The summed E-state index contributed by atoms with van der Waals surface area (Å²) in [5, 5.41) is 3.35. The lowest BCUT2D eigenvalue weighted by Gasteiger charge is -2.19. The molecular formula is C19H17ClN4O2. The van der Waals surface area contributed by atoms with Crippen molar-refractivity contribution in [2.24, 2.45) is 0 Å². The first kappa shape index (κ1) is 16.6. The van der Waals surface area contributed by atoms with E-state index in [1.54, 1.807) is 0 Å². The molecule has 4 rings (SSSR count). The van der Waals surface area contributed by atoms with E-state index in [2.05, 4.69) is 45.4 Å². The van der Waals surface area contributed by atoms with Gasteiger partial charge >= 0.3 is 0 Å². The van der Waals surface area contributed by atoms with E-state index >= 15 is 0 Å². The molecule has 6 nitrogen and oxygen atoms in total. The van der Waals surface area contributed by atoms with Crippen molar-refractivity contribution in [3.8, 4) is 22.6 Å². The normalized spacial score (nSPS) is 12.7. The Bertz CT molecular complexity index is 949. The van der Waals surface area contributed by atoms with Crippen LogP contribution in [-0.2, 0) is 6.54 Å². The summed E-state index contributed by atoms with van der Waals surface area (Å²) in [6.45, 7) is 3.86. The van der Waals surface area contributed by atoms with Gasteiger partial charge in [-0.3, -0.25) is 0 Å². The van der Waals surface area contributed by atoms with Gasteiger partial charge in [0.2, 0.25) is 11.2 Å². The van der Waals surface area contributed by atoms with Crippen LogP contribution in [0.2, 0.25) is 5.28 Å². The van der Waals surface area contributed by atoms with Crippen LogP contribution in [0.4, 0.5) is 5.95 Å². The molecule has 0 spiro atoms. The molecule has 2 heterocycles. The van der Waals surface area contributed by atoms with Gasteiger partial charge in [0.25, 0.3) is 0 Å². The molecule has 0 unspecified atom stereocenters. The molecular weight excluding hydrogens is 352 g/mol. The lowest BCUT2D eigenvalue weighted by Crippen LogP contribution is -2.15. The van der Waals surface area contributed by atoms with E-state index in [0.717, 1.165) is 28.2 Å². The van der Waals surface area contributed by atoms with E-state index < -0.39 is 0 Å². The van der Waals surface area contributed by atoms with Crippen LogP contribution in [0.15, 0.2) is 42.7 Å². The highest BCUT2D eigenvalue weighted by molar-refractivity contribution is 6.28. The zero-order chi connectivity index (χ0) is 17.9. The third-order valence-electron chi connectivity index (χ3n) is 4.28. The highest BCUT2D eigenvalue weighted by atomic mass is 35.5. The van der Waals surface area contributed by atoms with Crippen molar-refractivity contribution in [3.63, 3.8) is 0 Å². The zero-order valence-electron chi connectivity index (χ0n) is 14.2. The van der Waals surface area contributed by atoms with E-state index in [-0.39, 0.29) is 5.28 Å². The van der Waals surface area contributed by atoms with Gasteiger partial charge in [-0.1, -0.05) is 24.3 Å². The average Bonchev–Trinajstić information content (AvgIpc) is 2.67. The zero-order valence-corrected chi connectivity index (χ0v) is 15.0. The quantitative estimate of drug-likeness (QED) is 0.753. The topological polar surface area (TPSA) is 69.2 Å². The molecule has 1 aliphatic heterocycles. The van der Waals surface area contributed by atoms with Gasteiger partial charge in [0.05, 0.1) is 0 Å². The largest absolute Gasteiger partial charge is 0.486 e. The summed E-state index contributed by atoms with van der Waals surface area (Å²) >= 11 is 5.80. The van der Waals surface area contributed by atoms with Crippen LogP contribution in [0.25, 0.3) is 11.1 Å². The van der Waals surface area contributed by atoms with E-state index in [9.17, 15) is 0 Å². The molecule has 1 N–H and O–H groups in total. The third kappa shape index (κ3) is 3.41. The van der Waals surface area contributed by atoms with Crippen LogP contribution in [0.3, 0.4) is 0 Å². The van der Waals surface area contributed by atoms with Gasteiger partial charge in [0.15, 0.2) is 11.5 Å². The first-order chi connectivity index (χ1) is 12.7. The number of hydrogen-bond acceptors (Lipinski definition) is 6. The van der Waals surface area contributed by atoms with Crippen molar-refractivity contribution in [1.82, 2.24) is 15.0 Å². The maximum Gasteiger partial charge on any atom is 0.227 e. The van der Waals surface area contributed by atoms with Gasteiger partial charge in [0.1, 0.15) is 19.5 Å². The fourth-order valence-corrected chi connectivity index (χ4v) is 3.06. The minimum Gasteiger partial charge on any atom is -0.486 e. The molecule has 0 fully saturated rings. The summed E-state index contributed by atoms with van der Waals surface area (Å²) in [7, 11) is 0. The molecule has 0 saturated carbocycles. The fraction of sp³-hybridized carbons (Fsp3) is 0.211. The predicted octanol–water partition coefficient (Wildman–Crippen LogP) is 3.88. The summed E-state index contributed by atoms with van der Waals surface area (Å²) in [5.41, 5.74) is 4.57. The smallest absolute Gasteiger partial charge is 0.227 e. The molecule has 0 saturated heterocycles. The SMILES string of the molecule is Cc1c(CNc2ncnc(Cl)n2)cccc1-c1ccc2c(c1)OCCO2. The second kappa shape index (κ2) is 7.17. The van der Waals surface area contributed by atoms with Crippen LogP contribution < -0.4 is 14.8 Å². The monoisotopic (exact) mass is 368 g/mol. The number of hydrogen-bond donors (Lipinski definition) is 1. The van der Waals surface area contributed by atoms with Crippen molar-refractivity contribution >= 4 is 17.5 Å². The number of ether oxygens (including phenoxy) is 2. The second-order valence-electron chi connectivity index (χ2n) is 5.88. The number of aromatic nitrogens is 3. The number of anilines is 1. The number of nitrogens with one attached hydrogen (secondary N) is 1. The Morgan fingerprint density at radius 3 is 2.77 bits per heavy atom. The Labute approximate surface area is 156 Å². The molecule has 0 radical (unpaired) electrons. The molecule has 0 aliphatic carbocycles. The Kier molecular flexibility index (Phi) is 4.58. The average molecular weight is 369 g/mol. The van der Waals surface area contributed by atoms with Crippen LogP contribution in [0, 0.1) is 6.92 Å². The summed E-state index contributed by atoms with van der Waals surface area (Å²) in [6.07, 6.45) is 1.39. The molecule has 132 valence electrons. The number of nitrogens with zero attached hydrogens (tertiary/aromatic N) is 3. The van der Waals surface area contributed by atoms with E-state index in [1.807, 2.05) is 18.2 Å². The lowest BCUT2D eigenvalue weighted by atomic mass is 9.96. The van der Waals surface area contributed by atoms with E-state index in [0.29, 0.717) is 25.7 Å². The number of benzene rings is 2. The van der Waals surface area contributed by atoms with Crippen molar-refractivity contribution in [3.05, 3.63) is 59.1 Å². The maximum absolute atomic E-state index is 5.80. The summed E-state index contributed by atoms with van der Waals surface area (Å²) < 4.78 is 11.3. The second-order valence-corrected chi connectivity index (χ2v) is 6.22.